The highest BCUT2D eigenvalue weighted by atomic mass is 16.5. The number of methoxy groups -OCH3 is 1. The van der Waals surface area contributed by atoms with Crippen molar-refractivity contribution in [2.24, 2.45) is 39.8 Å². The first kappa shape index (κ1) is 40.7. The number of hydrogen-bond donors (Lipinski definition) is 1. The first-order chi connectivity index (χ1) is 22.9. The van der Waals surface area contributed by atoms with Gasteiger partial charge in [-0.15, -0.1) is 0 Å². The largest absolute Gasteiger partial charge is 0.496 e. The lowest BCUT2D eigenvalue weighted by atomic mass is 9.89. The van der Waals surface area contributed by atoms with E-state index in [0.29, 0.717) is 41.9 Å². The zero-order valence-corrected chi connectivity index (χ0v) is 31.9. The van der Waals surface area contributed by atoms with Crippen molar-refractivity contribution >= 4 is 23.7 Å². The number of fused-ring (bicyclic) bond motifs is 1. The van der Waals surface area contributed by atoms with Gasteiger partial charge >= 0.3 is 0 Å². The van der Waals surface area contributed by atoms with Crippen LogP contribution in [0.3, 0.4) is 0 Å². The summed E-state index contributed by atoms with van der Waals surface area (Å²) in [5, 5.41) is 11.7. The Morgan fingerprint density at radius 2 is 1.77 bits per heavy atom. The molecule has 2 aliphatic rings. The van der Waals surface area contributed by atoms with Gasteiger partial charge in [-0.25, -0.2) is 0 Å². The molecule has 2 atom stereocenters. The van der Waals surface area contributed by atoms with E-state index < -0.39 is 0 Å². The van der Waals surface area contributed by atoms with Crippen LogP contribution in [0.5, 0.6) is 5.75 Å². The quantitative estimate of drug-likeness (QED) is 0.116. The molecule has 3 rings (SSSR count). The Labute approximate surface area is 292 Å². The topological polar surface area (TPSA) is 83.4 Å². The van der Waals surface area contributed by atoms with Crippen molar-refractivity contribution < 1.29 is 14.3 Å². The summed E-state index contributed by atoms with van der Waals surface area (Å²) in [6, 6.07) is 3.88. The predicted octanol–water partition coefficient (Wildman–Crippen LogP) is 9.72. The van der Waals surface area contributed by atoms with Gasteiger partial charge in [-0.05, 0) is 105 Å². The maximum Gasteiger partial charge on any atom is 0.259 e. The number of amides is 2. The summed E-state index contributed by atoms with van der Waals surface area (Å²) in [6.07, 6.45) is 16.8. The number of ether oxygens (including phenoxy) is 1. The van der Waals surface area contributed by atoms with Crippen LogP contribution in [-0.2, 0) is 17.8 Å². The minimum absolute atomic E-state index is 0.114. The van der Waals surface area contributed by atoms with Crippen molar-refractivity contribution in [3.63, 3.8) is 0 Å². The minimum atomic E-state index is -0.230. The van der Waals surface area contributed by atoms with Gasteiger partial charge in [0.1, 0.15) is 5.75 Å². The van der Waals surface area contributed by atoms with E-state index in [2.05, 4.69) is 77.0 Å². The molecule has 1 aliphatic carbocycles. The van der Waals surface area contributed by atoms with Crippen LogP contribution >= 0.6 is 0 Å². The number of nitrogens with one attached hydrogen (secondary N) is 1. The van der Waals surface area contributed by atoms with Gasteiger partial charge in [-0.3, -0.25) is 9.59 Å². The number of carbonyl (C=O) groups excluding carboxylic acids is 2. The molecule has 7 heteroatoms. The lowest BCUT2D eigenvalue weighted by Gasteiger charge is -2.33. The average molecular weight is 661 g/mol. The number of nitrogens with zero attached hydrogens (tertiary/aromatic N) is 3. The van der Waals surface area contributed by atoms with Crippen molar-refractivity contribution in [2.45, 2.75) is 121 Å². The van der Waals surface area contributed by atoms with Gasteiger partial charge in [-0.2, -0.15) is 10.2 Å². The summed E-state index contributed by atoms with van der Waals surface area (Å²) >= 11 is 0. The summed E-state index contributed by atoms with van der Waals surface area (Å²) < 4.78 is 5.64. The molecule has 1 saturated carbocycles. The molecule has 48 heavy (non-hydrogen) atoms. The van der Waals surface area contributed by atoms with Crippen LogP contribution in [0.1, 0.15) is 129 Å². The Kier molecular flexibility index (Phi) is 17.6. The molecule has 0 spiro atoms. The van der Waals surface area contributed by atoms with E-state index >= 15 is 0 Å². The Balaban J connectivity index is 0.00000189. The van der Waals surface area contributed by atoms with Crippen molar-refractivity contribution in [3.05, 3.63) is 64.4 Å². The summed E-state index contributed by atoms with van der Waals surface area (Å²) in [5.74, 6) is 2.84. The normalized spacial score (nSPS) is 17.0. The Morgan fingerprint density at radius 3 is 2.33 bits per heavy atom. The van der Waals surface area contributed by atoms with E-state index in [1.54, 1.807) is 13.3 Å². The van der Waals surface area contributed by atoms with Gasteiger partial charge in [-0.1, -0.05) is 80.0 Å². The summed E-state index contributed by atoms with van der Waals surface area (Å²) in [7, 11) is 1.60. The lowest BCUT2D eigenvalue weighted by molar-refractivity contribution is -0.137. The number of allylic oxidation sites excluding steroid dienone is 6. The molecule has 1 aromatic carbocycles. The SMILES string of the molecule is CC(C)C.C\C=N/N=C(C(/C=C\C=C(/C)NC(=O)c1cc2c(cc1OC)CCN(C(=O)C(CC(C)C)C1CC1)C2)=C\CCC)\C(C)CC. The Morgan fingerprint density at radius 1 is 1.08 bits per heavy atom. The van der Waals surface area contributed by atoms with Crippen molar-refractivity contribution in [3.8, 4) is 5.75 Å². The zero-order chi connectivity index (χ0) is 35.8. The first-order valence-corrected chi connectivity index (χ1v) is 18.3. The number of carbonyl (C=O) groups is 2. The minimum Gasteiger partial charge on any atom is -0.496 e. The van der Waals surface area contributed by atoms with E-state index in [1.165, 1.54) is 0 Å². The van der Waals surface area contributed by atoms with Crippen LogP contribution < -0.4 is 10.1 Å². The fourth-order valence-electron chi connectivity index (χ4n) is 5.75. The average Bonchev–Trinajstić information content (AvgIpc) is 3.89. The van der Waals surface area contributed by atoms with E-state index in [9.17, 15) is 9.59 Å². The third kappa shape index (κ3) is 13.2. The van der Waals surface area contributed by atoms with Crippen LogP contribution in [0.25, 0.3) is 0 Å². The fourth-order valence-corrected chi connectivity index (χ4v) is 5.75. The maximum absolute atomic E-state index is 13.6. The Bertz CT molecular complexity index is 1340. The maximum atomic E-state index is 13.6. The lowest BCUT2D eigenvalue weighted by Crippen LogP contribution is -2.41. The predicted molar refractivity (Wildman–Crippen MR) is 203 cm³/mol. The molecule has 2 amide bonds. The van der Waals surface area contributed by atoms with E-state index in [1.807, 2.05) is 49.1 Å². The number of benzene rings is 1. The second-order valence-electron chi connectivity index (χ2n) is 14.4. The molecule has 1 aliphatic heterocycles. The molecule has 1 aromatic rings. The van der Waals surface area contributed by atoms with Gasteiger partial charge < -0.3 is 15.0 Å². The van der Waals surface area contributed by atoms with Crippen molar-refractivity contribution in [1.82, 2.24) is 10.2 Å². The molecule has 0 bridgehead atoms. The van der Waals surface area contributed by atoms with E-state index in [4.69, 9.17) is 4.74 Å². The molecule has 266 valence electrons. The zero-order valence-electron chi connectivity index (χ0n) is 31.9. The van der Waals surface area contributed by atoms with Crippen LogP contribution in [0.4, 0.5) is 0 Å². The van der Waals surface area contributed by atoms with Crippen LogP contribution in [0, 0.1) is 29.6 Å². The molecule has 1 fully saturated rings. The molecular formula is C41H64N4O3. The smallest absolute Gasteiger partial charge is 0.259 e. The summed E-state index contributed by atoms with van der Waals surface area (Å²) in [4.78, 5) is 29.0. The van der Waals surface area contributed by atoms with Crippen LogP contribution in [-0.4, -0.2) is 42.3 Å². The standard InChI is InChI=1S/C37H54N4O3.C4H10/c1-9-12-15-29(35(26(6)10-2)40-38-11-3)16-13-14-27(7)39-36(42)33-22-31-24-41(20-19-30(31)23-34(33)44-8)37(43)32(21-25(4)5)28-17-18-28;1-4(2)3/h11,13-16,22-23,25-26,28,32H,9-10,12,17-21,24H2,1-8H3,(H,39,42);4H,1-3H3/b16-13-,27-14+,29-15-,38-11-,40-35+;. The van der Waals surface area contributed by atoms with Crippen LogP contribution in [0.2, 0.25) is 0 Å². The summed E-state index contributed by atoms with van der Waals surface area (Å²) in [6.45, 7) is 22.3. The molecule has 7 nitrogen and oxygen atoms in total. The van der Waals surface area contributed by atoms with Crippen LogP contribution in [0.15, 0.2) is 57.9 Å². The fraction of sp³-hybridized carbons (Fsp3) is 0.610. The molecule has 2 unspecified atom stereocenters. The molecular weight excluding hydrogens is 596 g/mol. The number of unbranched alkanes of at least 4 members (excludes halogenated alkanes) is 1. The highest BCUT2D eigenvalue weighted by Crippen LogP contribution is 2.41. The Hall–Kier alpha value is -3.48. The molecule has 1 heterocycles. The molecule has 0 aromatic heterocycles. The van der Waals surface area contributed by atoms with E-state index in [-0.39, 0.29) is 23.7 Å². The first-order valence-electron chi connectivity index (χ1n) is 18.3. The second-order valence-corrected chi connectivity index (χ2v) is 14.4. The second kappa shape index (κ2) is 20.8. The van der Waals surface area contributed by atoms with Gasteiger partial charge in [0.2, 0.25) is 5.91 Å². The van der Waals surface area contributed by atoms with Crippen molar-refractivity contribution in [2.75, 3.05) is 13.7 Å². The van der Waals surface area contributed by atoms with Gasteiger partial charge in [0, 0.05) is 36.8 Å². The molecule has 1 N–H and O–H groups in total. The van der Waals surface area contributed by atoms with Crippen molar-refractivity contribution in [1.29, 1.82) is 0 Å². The van der Waals surface area contributed by atoms with Gasteiger partial charge in [0.15, 0.2) is 0 Å². The number of rotatable bonds is 15. The number of hydrogen-bond acceptors (Lipinski definition) is 5. The van der Waals surface area contributed by atoms with Gasteiger partial charge in [0.05, 0.1) is 18.4 Å². The third-order valence-electron chi connectivity index (χ3n) is 8.57. The van der Waals surface area contributed by atoms with Gasteiger partial charge in [0.25, 0.3) is 5.91 Å². The highest BCUT2D eigenvalue weighted by molar-refractivity contribution is 6.04. The third-order valence-corrected chi connectivity index (χ3v) is 8.57. The molecule has 0 radical (unpaired) electrons. The monoisotopic (exact) mass is 660 g/mol. The summed E-state index contributed by atoms with van der Waals surface area (Å²) in [5.41, 5.74) is 5.37. The van der Waals surface area contributed by atoms with E-state index in [0.717, 1.165) is 73.3 Å². The molecule has 0 saturated heterocycles. The highest BCUT2D eigenvalue weighted by Gasteiger charge is 2.39.